The second kappa shape index (κ2) is 16.8. The average molecular weight is 670 g/mol. The Bertz CT molecular complexity index is 1930. The van der Waals surface area contributed by atoms with Crippen LogP contribution in [0.15, 0.2) is 144 Å². The van der Waals surface area contributed by atoms with E-state index >= 15 is 0 Å². The fourth-order valence-corrected chi connectivity index (χ4v) is 5.76. The lowest BCUT2D eigenvalue weighted by Crippen LogP contribution is -2.30. The zero-order chi connectivity index (χ0) is 34.6. The third-order valence-electron chi connectivity index (χ3n) is 7.29. The van der Waals surface area contributed by atoms with Gasteiger partial charge in [-0.2, -0.15) is 0 Å². The summed E-state index contributed by atoms with van der Waals surface area (Å²) in [6, 6.07) is 39.4. The van der Waals surface area contributed by atoms with Gasteiger partial charge in [0.05, 0.1) is 12.2 Å². The maximum absolute atomic E-state index is 13.6. The van der Waals surface area contributed by atoms with Gasteiger partial charge in [0.25, 0.3) is 11.8 Å². The van der Waals surface area contributed by atoms with Crippen LogP contribution >= 0.6 is 11.8 Å². The lowest BCUT2D eigenvalue weighted by atomic mass is 10.1. The summed E-state index contributed by atoms with van der Waals surface area (Å²) < 4.78 is 5.04. The van der Waals surface area contributed by atoms with Crippen LogP contribution in [-0.4, -0.2) is 30.3 Å². The molecule has 5 aromatic carbocycles. The highest BCUT2D eigenvalue weighted by atomic mass is 32.2. The molecule has 9 heteroatoms. The van der Waals surface area contributed by atoms with Crippen LogP contribution in [-0.2, 0) is 14.3 Å². The molecule has 5 rings (SSSR count). The fourth-order valence-electron chi connectivity index (χ4n) is 4.74. The highest BCUT2D eigenvalue weighted by Crippen LogP contribution is 2.37. The molecule has 5 aromatic rings. The largest absolute Gasteiger partial charge is 0.462 e. The monoisotopic (exact) mass is 669 g/mol. The van der Waals surface area contributed by atoms with E-state index in [0.717, 1.165) is 21.6 Å². The van der Waals surface area contributed by atoms with Crippen molar-refractivity contribution in [3.05, 3.63) is 167 Å². The first-order valence-electron chi connectivity index (χ1n) is 15.6. The van der Waals surface area contributed by atoms with Crippen molar-refractivity contribution in [1.82, 2.24) is 5.32 Å². The maximum Gasteiger partial charge on any atom is 0.338 e. The quantitative estimate of drug-likeness (QED) is 0.0704. The van der Waals surface area contributed by atoms with Gasteiger partial charge in [-0.3, -0.25) is 14.4 Å². The van der Waals surface area contributed by atoms with E-state index in [-0.39, 0.29) is 18.2 Å². The zero-order valence-electron chi connectivity index (χ0n) is 27.0. The number of thioether (sulfide) groups is 1. The Morgan fingerprint density at radius 2 is 1.29 bits per heavy atom. The molecule has 49 heavy (non-hydrogen) atoms. The molecule has 0 aliphatic carbocycles. The number of aryl methyl sites for hydroxylation is 1. The number of esters is 1. The number of amides is 3. The van der Waals surface area contributed by atoms with Crippen LogP contribution < -0.4 is 16.0 Å². The minimum Gasteiger partial charge on any atom is -0.462 e. The SMILES string of the molecule is CCOC(=O)c1ccc(NC(=O)C(Sc2ccc(NC(=O)/C(=C/c3ccc(C)cc3)NC(=O)c3ccccc3)cc2)c2ccccc2)cc1. The zero-order valence-corrected chi connectivity index (χ0v) is 27.8. The van der Waals surface area contributed by atoms with Crippen LogP contribution in [0.2, 0.25) is 0 Å². The Labute approximate surface area is 289 Å². The molecule has 0 heterocycles. The van der Waals surface area contributed by atoms with Gasteiger partial charge in [0.1, 0.15) is 10.9 Å². The van der Waals surface area contributed by atoms with Crippen LogP contribution in [0.4, 0.5) is 11.4 Å². The number of hydrogen-bond donors (Lipinski definition) is 3. The minimum atomic E-state index is -0.594. The van der Waals surface area contributed by atoms with Crippen LogP contribution in [0.25, 0.3) is 6.08 Å². The summed E-state index contributed by atoms with van der Waals surface area (Å²) in [6.45, 7) is 4.00. The molecule has 8 nitrogen and oxygen atoms in total. The van der Waals surface area contributed by atoms with Gasteiger partial charge in [-0.15, -0.1) is 11.8 Å². The van der Waals surface area contributed by atoms with Crippen molar-refractivity contribution in [3.63, 3.8) is 0 Å². The van der Waals surface area contributed by atoms with E-state index in [1.807, 2.05) is 79.7 Å². The number of carbonyl (C=O) groups excluding carboxylic acids is 4. The van der Waals surface area contributed by atoms with Gasteiger partial charge in [-0.05, 0) is 91.7 Å². The summed E-state index contributed by atoms with van der Waals surface area (Å²) >= 11 is 1.36. The third kappa shape index (κ3) is 9.79. The molecule has 3 amide bonds. The van der Waals surface area contributed by atoms with E-state index in [2.05, 4.69) is 16.0 Å². The van der Waals surface area contributed by atoms with Crippen LogP contribution in [0.3, 0.4) is 0 Å². The van der Waals surface area contributed by atoms with Gasteiger partial charge in [0.15, 0.2) is 0 Å². The molecule has 0 bridgehead atoms. The lowest BCUT2D eigenvalue weighted by Gasteiger charge is -2.18. The summed E-state index contributed by atoms with van der Waals surface area (Å²) in [5.41, 5.74) is 4.63. The molecule has 0 spiro atoms. The Morgan fingerprint density at radius 3 is 1.92 bits per heavy atom. The number of benzene rings is 5. The van der Waals surface area contributed by atoms with Gasteiger partial charge in [0, 0.05) is 21.8 Å². The number of hydrogen-bond acceptors (Lipinski definition) is 6. The van der Waals surface area contributed by atoms with Gasteiger partial charge >= 0.3 is 5.97 Å². The van der Waals surface area contributed by atoms with E-state index in [1.54, 1.807) is 73.7 Å². The maximum atomic E-state index is 13.6. The number of nitrogens with one attached hydrogen (secondary N) is 3. The first-order valence-corrected chi connectivity index (χ1v) is 16.5. The number of carbonyl (C=O) groups is 4. The van der Waals surface area contributed by atoms with Crippen molar-refractivity contribution >= 4 is 52.9 Å². The van der Waals surface area contributed by atoms with Gasteiger partial charge < -0.3 is 20.7 Å². The molecule has 0 radical (unpaired) electrons. The Kier molecular flexibility index (Phi) is 11.8. The Morgan fingerprint density at radius 1 is 0.694 bits per heavy atom. The third-order valence-corrected chi connectivity index (χ3v) is 8.55. The van der Waals surface area contributed by atoms with Gasteiger partial charge in [-0.25, -0.2) is 4.79 Å². The summed E-state index contributed by atoms with van der Waals surface area (Å²) in [5, 5.41) is 7.99. The summed E-state index contributed by atoms with van der Waals surface area (Å²) in [5.74, 6) is -1.55. The molecule has 0 aliphatic heterocycles. The summed E-state index contributed by atoms with van der Waals surface area (Å²) in [4.78, 5) is 52.8. The minimum absolute atomic E-state index is 0.0901. The average Bonchev–Trinajstić information content (AvgIpc) is 3.13. The standard InChI is InChI=1S/C40H35N3O5S/c1-3-48-40(47)31-18-20-32(21-19-31)42-39(46)36(29-10-6-4-7-11-29)49-34-24-22-33(23-25-34)41-38(45)35(26-28-16-14-27(2)15-17-28)43-37(44)30-12-8-5-9-13-30/h4-26,36H,3H2,1-2H3,(H,41,45)(H,42,46)(H,43,44)/b35-26-. The lowest BCUT2D eigenvalue weighted by molar-refractivity contribution is -0.116. The highest BCUT2D eigenvalue weighted by Gasteiger charge is 2.23. The molecule has 0 fully saturated rings. The molecule has 246 valence electrons. The normalized spacial score (nSPS) is 11.6. The van der Waals surface area contributed by atoms with Crippen molar-refractivity contribution < 1.29 is 23.9 Å². The van der Waals surface area contributed by atoms with E-state index < -0.39 is 23.0 Å². The smallest absolute Gasteiger partial charge is 0.338 e. The molecule has 0 aromatic heterocycles. The Hall–Kier alpha value is -5.93. The molecular weight excluding hydrogens is 635 g/mol. The van der Waals surface area contributed by atoms with Crippen molar-refractivity contribution in [3.8, 4) is 0 Å². The van der Waals surface area contributed by atoms with Crippen molar-refractivity contribution in [2.24, 2.45) is 0 Å². The van der Waals surface area contributed by atoms with E-state index in [9.17, 15) is 19.2 Å². The molecule has 1 atom stereocenters. The fraction of sp³-hybridized carbons (Fsp3) is 0.100. The van der Waals surface area contributed by atoms with Crippen molar-refractivity contribution in [2.75, 3.05) is 17.2 Å². The first-order chi connectivity index (χ1) is 23.8. The predicted molar refractivity (Wildman–Crippen MR) is 194 cm³/mol. The predicted octanol–water partition coefficient (Wildman–Crippen LogP) is 8.05. The molecule has 0 saturated carbocycles. The van der Waals surface area contributed by atoms with Gasteiger partial charge in [0.2, 0.25) is 5.91 Å². The van der Waals surface area contributed by atoms with Crippen LogP contribution in [0.5, 0.6) is 0 Å². The van der Waals surface area contributed by atoms with E-state index in [4.69, 9.17) is 4.74 Å². The Balaban J connectivity index is 1.30. The molecule has 3 N–H and O–H groups in total. The molecule has 0 aliphatic rings. The van der Waals surface area contributed by atoms with E-state index in [0.29, 0.717) is 22.5 Å². The number of anilines is 2. The van der Waals surface area contributed by atoms with Gasteiger partial charge in [-0.1, -0.05) is 78.4 Å². The van der Waals surface area contributed by atoms with Crippen LogP contribution in [0, 0.1) is 6.92 Å². The summed E-state index contributed by atoms with van der Waals surface area (Å²) in [7, 11) is 0. The topological polar surface area (TPSA) is 114 Å². The second-order valence-electron chi connectivity index (χ2n) is 11.0. The first kappa shape index (κ1) is 34.4. The van der Waals surface area contributed by atoms with Crippen molar-refractivity contribution in [1.29, 1.82) is 0 Å². The molecular formula is C40H35N3O5S. The number of ether oxygens (including phenoxy) is 1. The summed E-state index contributed by atoms with van der Waals surface area (Å²) in [6.07, 6.45) is 1.63. The van der Waals surface area contributed by atoms with E-state index in [1.165, 1.54) is 11.8 Å². The molecule has 1 unspecified atom stereocenters. The number of rotatable bonds is 12. The van der Waals surface area contributed by atoms with Crippen LogP contribution in [0.1, 0.15) is 49.6 Å². The molecule has 0 saturated heterocycles. The second-order valence-corrected chi connectivity index (χ2v) is 12.1. The van der Waals surface area contributed by atoms with Crippen molar-refractivity contribution in [2.45, 2.75) is 24.0 Å². The highest BCUT2D eigenvalue weighted by molar-refractivity contribution is 8.00.